The van der Waals surface area contributed by atoms with Crippen molar-refractivity contribution in [3.63, 3.8) is 0 Å². The average Bonchev–Trinajstić information content (AvgIpc) is 3.27. The molecule has 0 amide bonds. The third kappa shape index (κ3) is 48.9. The van der Waals surface area contributed by atoms with Gasteiger partial charge in [0.2, 0.25) is 0 Å². The van der Waals surface area contributed by atoms with Crippen LogP contribution < -0.4 is 0 Å². The SMILES string of the molecule is CCCC/C=C\CCCCCCCC(=O)OCC(COC(=O)CCCCCCCCCCCCCCCCCCCCCCCC)OC(=O)CCCCCCC/C=C\CCCC. The minimum absolute atomic E-state index is 0.0736. The fourth-order valence-corrected chi connectivity index (χ4v) is 7.99. The van der Waals surface area contributed by atoms with Crippen molar-refractivity contribution < 1.29 is 28.6 Å². The molecule has 0 N–H and O–H groups in total. The van der Waals surface area contributed by atoms with Crippen molar-refractivity contribution in [3.8, 4) is 0 Å². The summed E-state index contributed by atoms with van der Waals surface area (Å²) in [6, 6.07) is 0. The van der Waals surface area contributed by atoms with Gasteiger partial charge in [-0.1, -0.05) is 244 Å². The molecule has 0 aromatic heterocycles. The first-order valence-electron chi connectivity index (χ1n) is 27.3. The Kier molecular flexibility index (Phi) is 49.8. The van der Waals surface area contributed by atoms with Crippen LogP contribution in [-0.2, 0) is 28.6 Å². The number of hydrogen-bond acceptors (Lipinski definition) is 6. The van der Waals surface area contributed by atoms with Crippen molar-refractivity contribution in [2.24, 2.45) is 0 Å². The Morgan fingerprint density at radius 2 is 0.548 bits per heavy atom. The summed E-state index contributed by atoms with van der Waals surface area (Å²) in [5.41, 5.74) is 0. The summed E-state index contributed by atoms with van der Waals surface area (Å²) < 4.78 is 16.8. The normalized spacial score (nSPS) is 12.1. The summed E-state index contributed by atoms with van der Waals surface area (Å²) in [4.78, 5) is 37.9. The van der Waals surface area contributed by atoms with E-state index in [1.807, 2.05) is 0 Å². The Balaban J connectivity index is 4.19. The van der Waals surface area contributed by atoms with Gasteiger partial charge in [0, 0.05) is 19.3 Å². The first-order chi connectivity index (χ1) is 30.5. The van der Waals surface area contributed by atoms with Crippen LogP contribution in [-0.4, -0.2) is 37.2 Å². The molecular weight excluding hydrogens is 769 g/mol. The second kappa shape index (κ2) is 51.5. The van der Waals surface area contributed by atoms with Crippen LogP contribution in [0.5, 0.6) is 0 Å². The Morgan fingerprint density at radius 3 is 0.855 bits per heavy atom. The highest BCUT2D eigenvalue weighted by Gasteiger charge is 2.19. The van der Waals surface area contributed by atoms with Gasteiger partial charge in [-0.2, -0.15) is 0 Å². The van der Waals surface area contributed by atoms with E-state index in [1.54, 1.807) is 0 Å². The van der Waals surface area contributed by atoms with Crippen molar-refractivity contribution in [1.29, 1.82) is 0 Å². The van der Waals surface area contributed by atoms with Crippen molar-refractivity contribution in [1.82, 2.24) is 0 Å². The number of unbranched alkanes of at least 4 members (excludes halogenated alkanes) is 35. The maximum atomic E-state index is 12.8. The van der Waals surface area contributed by atoms with E-state index in [4.69, 9.17) is 14.2 Å². The van der Waals surface area contributed by atoms with Crippen LogP contribution in [0.15, 0.2) is 24.3 Å². The molecule has 0 saturated carbocycles. The largest absolute Gasteiger partial charge is 0.462 e. The second-order valence-electron chi connectivity index (χ2n) is 18.5. The predicted molar refractivity (Wildman–Crippen MR) is 266 cm³/mol. The lowest BCUT2D eigenvalue weighted by Crippen LogP contribution is -2.30. The van der Waals surface area contributed by atoms with Crippen molar-refractivity contribution in [2.45, 2.75) is 303 Å². The Morgan fingerprint density at radius 1 is 0.306 bits per heavy atom. The molecule has 0 saturated heterocycles. The highest BCUT2D eigenvalue weighted by Crippen LogP contribution is 2.17. The van der Waals surface area contributed by atoms with Crippen LogP contribution in [0.25, 0.3) is 0 Å². The monoisotopic (exact) mass is 873 g/mol. The number of carbonyl (C=O) groups is 3. The summed E-state index contributed by atoms with van der Waals surface area (Å²) in [6.07, 6.45) is 58.9. The van der Waals surface area contributed by atoms with Crippen molar-refractivity contribution >= 4 is 17.9 Å². The van der Waals surface area contributed by atoms with E-state index >= 15 is 0 Å². The zero-order valence-corrected chi connectivity index (χ0v) is 41.7. The molecule has 0 radical (unpaired) electrons. The van der Waals surface area contributed by atoms with Crippen LogP contribution in [0.2, 0.25) is 0 Å². The quantitative estimate of drug-likeness (QED) is 0.0262. The van der Waals surface area contributed by atoms with E-state index in [2.05, 4.69) is 45.1 Å². The molecule has 0 aliphatic carbocycles. The molecule has 0 aliphatic rings. The molecular formula is C56H104O6. The summed E-state index contributed by atoms with van der Waals surface area (Å²) in [5.74, 6) is -0.880. The molecule has 0 aliphatic heterocycles. The lowest BCUT2D eigenvalue weighted by atomic mass is 10.0. The molecule has 1 unspecified atom stereocenters. The minimum Gasteiger partial charge on any atom is -0.462 e. The Bertz CT molecular complexity index is 1000. The summed E-state index contributed by atoms with van der Waals surface area (Å²) >= 11 is 0. The van der Waals surface area contributed by atoms with E-state index in [9.17, 15) is 14.4 Å². The van der Waals surface area contributed by atoms with E-state index < -0.39 is 6.10 Å². The predicted octanol–water partition coefficient (Wildman–Crippen LogP) is 17.9. The molecule has 0 spiro atoms. The minimum atomic E-state index is -0.773. The maximum absolute atomic E-state index is 12.8. The summed E-state index contributed by atoms with van der Waals surface area (Å²) in [7, 11) is 0. The smallest absolute Gasteiger partial charge is 0.306 e. The maximum Gasteiger partial charge on any atom is 0.306 e. The van der Waals surface area contributed by atoms with Gasteiger partial charge in [-0.15, -0.1) is 0 Å². The first kappa shape index (κ1) is 59.9. The summed E-state index contributed by atoms with van der Waals surface area (Å²) in [6.45, 7) is 6.58. The number of carbonyl (C=O) groups excluding carboxylic acids is 3. The number of rotatable bonds is 50. The molecule has 0 bridgehead atoms. The van der Waals surface area contributed by atoms with Gasteiger partial charge in [0.25, 0.3) is 0 Å². The number of allylic oxidation sites excluding steroid dienone is 4. The van der Waals surface area contributed by atoms with Gasteiger partial charge in [0.1, 0.15) is 13.2 Å². The molecule has 0 fully saturated rings. The molecule has 0 aromatic carbocycles. The molecule has 364 valence electrons. The Labute approximate surface area is 385 Å². The van der Waals surface area contributed by atoms with Gasteiger partial charge < -0.3 is 14.2 Å². The van der Waals surface area contributed by atoms with Gasteiger partial charge in [-0.05, 0) is 57.8 Å². The van der Waals surface area contributed by atoms with Crippen LogP contribution in [0.4, 0.5) is 0 Å². The van der Waals surface area contributed by atoms with Gasteiger partial charge in [-0.25, -0.2) is 0 Å². The molecule has 1 atom stereocenters. The number of hydrogen-bond donors (Lipinski definition) is 0. The lowest BCUT2D eigenvalue weighted by molar-refractivity contribution is -0.167. The summed E-state index contributed by atoms with van der Waals surface area (Å²) in [5, 5.41) is 0. The van der Waals surface area contributed by atoms with E-state index in [0.29, 0.717) is 19.3 Å². The van der Waals surface area contributed by atoms with E-state index in [0.717, 1.165) is 77.0 Å². The van der Waals surface area contributed by atoms with Gasteiger partial charge in [0.05, 0.1) is 0 Å². The number of ether oxygens (including phenoxy) is 3. The molecule has 62 heavy (non-hydrogen) atoms. The van der Waals surface area contributed by atoms with Gasteiger partial charge >= 0.3 is 17.9 Å². The molecule has 0 aromatic rings. The van der Waals surface area contributed by atoms with Crippen LogP contribution in [0.1, 0.15) is 297 Å². The molecule has 0 heterocycles. The molecule has 0 rings (SSSR count). The third-order valence-corrected chi connectivity index (χ3v) is 12.2. The van der Waals surface area contributed by atoms with E-state index in [-0.39, 0.29) is 31.1 Å². The van der Waals surface area contributed by atoms with Crippen LogP contribution in [0, 0.1) is 0 Å². The van der Waals surface area contributed by atoms with Crippen molar-refractivity contribution in [2.75, 3.05) is 13.2 Å². The highest BCUT2D eigenvalue weighted by atomic mass is 16.6. The highest BCUT2D eigenvalue weighted by molar-refractivity contribution is 5.71. The van der Waals surface area contributed by atoms with Crippen LogP contribution >= 0.6 is 0 Å². The van der Waals surface area contributed by atoms with Crippen LogP contribution in [0.3, 0.4) is 0 Å². The van der Waals surface area contributed by atoms with Crippen molar-refractivity contribution in [3.05, 3.63) is 24.3 Å². The third-order valence-electron chi connectivity index (χ3n) is 12.2. The zero-order chi connectivity index (χ0) is 45.1. The molecule has 6 heteroatoms. The first-order valence-corrected chi connectivity index (χ1v) is 27.3. The van der Waals surface area contributed by atoms with Gasteiger partial charge in [-0.3, -0.25) is 14.4 Å². The topological polar surface area (TPSA) is 78.9 Å². The van der Waals surface area contributed by atoms with Gasteiger partial charge in [0.15, 0.2) is 6.10 Å². The molecule has 6 nitrogen and oxygen atoms in total. The second-order valence-corrected chi connectivity index (χ2v) is 18.5. The lowest BCUT2D eigenvalue weighted by Gasteiger charge is -2.18. The fourth-order valence-electron chi connectivity index (χ4n) is 7.99. The fraction of sp³-hybridized carbons (Fsp3) is 0.875. The number of esters is 3. The standard InChI is InChI=1S/C56H104O6/c1-4-7-10-13-16-19-22-23-24-25-26-27-28-29-30-31-32-35-37-40-43-46-49-55(58)61-52-53(62-56(59)50-47-44-41-38-34-21-18-15-12-9-6-3)51-60-54(57)48-45-42-39-36-33-20-17-14-11-8-5-2/h14-15,17-18,53H,4-13,16,19-52H2,1-3H3/b17-14-,18-15-. The van der Waals surface area contributed by atoms with E-state index in [1.165, 1.54) is 180 Å². The average molecular weight is 873 g/mol. The Hall–Kier alpha value is -2.11. The zero-order valence-electron chi connectivity index (χ0n) is 41.7.